The van der Waals surface area contributed by atoms with Crippen molar-refractivity contribution in [3.63, 3.8) is 0 Å². The van der Waals surface area contributed by atoms with Crippen LogP contribution in [0.15, 0.2) is 24.3 Å². The van der Waals surface area contributed by atoms with Crippen molar-refractivity contribution >= 4 is 23.1 Å². The number of benzene rings is 1. The van der Waals surface area contributed by atoms with Crippen LogP contribution in [0.1, 0.15) is 38.2 Å². The van der Waals surface area contributed by atoms with E-state index < -0.39 is 0 Å². The Labute approximate surface area is 123 Å². The molecule has 3 nitrogen and oxygen atoms in total. The highest BCUT2D eigenvalue weighted by Gasteiger charge is 2.43. The Hall–Kier alpha value is -1.48. The van der Waals surface area contributed by atoms with Crippen LogP contribution in [-0.4, -0.2) is 18.2 Å². The summed E-state index contributed by atoms with van der Waals surface area (Å²) in [6.07, 6.45) is 5.58. The van der Waals surface area contributed by atoms with Gasteiger partial charge in [-0.1, -0.05) is 11.6 Å². The second-order valence-electron chi connectivity index (χ2n) is 5.38. The average Bonchev–Trinajstić information content (AvgIpc) is 2.37. The summed E-state index contributed by atoms with van der Waals surface area (Å²) in [6.45, 7) is 2.19. The van der Waals surface area contributed by atoms with E-state index in [0.29, 0.717) is 11.6 Å². The van der Waals surface area contributed by atoms with Crippen molar-refractivity contribution in [2.75, 3.05) is 6.61 Å². The van der Waals surface area contributed by atoms with Crippen LogP contribution >= 0.6 is 11.6 Å². The lowest BCUT2D eigenvalue weighted by Gasteiger charge is -2.46. The molecule has 3 rings (SSSR count). The summed E-state index contributed by atoms with van der Waals surface area (Å²) in [5, 5.41) is 0.645. The van der Waals surface area contributed by atoms with Crippen LogP contribution in [0, 0.1) is 0 Å². The van der Waals surface area contributed by atoms with Crippen molar-refractivity contribution in [3.05, 3.63) is 34.9 Å². The molecule has 1 aromatic rings. The molecule has 1 aliphatic carbocycles. The number of hydrogen-bond acceptors (Lipinski definition) is 3. The van der Waals surface area contributed by atoms with E-state index in [0.717, 1.165) is 36.1 Å². The lowest BCUT2D eigenvalue weighted by Crippen LogP contribution is -2.45. The second kappa shape index (κ2) is 5.13. The van der Waals surface area contributed by atoms with Crippen molar-refractivity contribution in [3.8, 4) is 5.75 Å². The molecular formula is C16H17ClO3. The van der Waals surface area contributed by atoms with E-state index in [1.54, 1.807) is 13.0 Å². The fourth-order valence-electron chi connectivity index (χ4n) is 2.86. The molecule has 20 heavy (non-hydrogen) atoms. The third kappa shape index (κ3) is 2.42. The number of hydrogen-bond donors (Lipinski definition) is 0. The molecule has 0 saturated heterocycles. The van der Waals surface area contributed by atoms with Gasteiger partial charge in [0.2, 0.25) is 0 Å². The van der Waals surface area contributed by atoms with Crippen molar-refractivity contribution in [1.82, 2.24) is 0 Å². The first-order valence-electron chi connectivity index (χ1n) is 6.98. The number of esters is 1. The molecule has 0 bridgehead atoms. The van der Waals surface area contributed by atoms with E-state index in [4.69, 9.17) is 21.1 Å². The fourth-order valence-corrected chi connectivity index (χ4v) is 3.03. The summed E-state index contributed by atoms with van der Waals surface area (Å²) in [6, 6.07) is 5.56. The average molecular weight is 293 g/mol. The summed E-state index contributed by atoms with van der Waals surface area (Å²) in [4.78, 5) is 11.8. The number of rotatable bonds is 2. The highest BCUT2D eigenvalue weighted by Crippen LogP contribution is 2.49. The number of ether oxygens (including phenoxy) is 2. The standard InChI is InChI=1S/C16H17ClO3/c1-2-19-15(18)8-11-10-16(6-3-7-16)20-14-5-4-12(17)9-13(11)14/h4-5,8-9H,2-3,6-7,10H2,1H3. The molecule has 1 aromatic carbocycles. The Balaban J connectivity index is 1.99. The third-order valence-corrected chi connectivity index (χ3v) is 4.21. The van der Waals surface area contributed by atoms with E-state index >= 15 is 0 Å². The third-order valence-electron chi connectivity index (χ3n) is 3.97. The summed E-state index contributed by atoms with van der Waals surface area (Å²) in [5.41, 5.74) is 1.74. The maximum absolute atomic E-state index is 11.8. The molecule has 2 aliphatic rings. The Morgan fingerprint density at radius 1 is 1.50 bits per heavy atom. The Kier molecular flexibility index (Phi) is 3.47. The topological polar surface area (TPSA) is 35.5 Å². The molecule has 1 fully saturated rings. The first-order valence-corrected chi connectivity index (χ1v) is 7.36. The van der Waals surface area contributed by atoms with Crippen LogP contribution < -0.4 is 4.74 Å². The predicted octanol–water partition coefficient (Wildman–Crippen LogP) is 3.99. The van der Waals surface area contributed by atoms with E-state index in [9.17, 15) is 4.79 Å². The number of fused-ring (bicyclic) bond motifs is 1. The molecule has 0 unspecified atom stereocenters. The highest BCUT2D eigenvalue weighted by molar-refractivity contribution is 6.30. The molecule has 0 atom stereocenters. The van der Waals surface area contributed by atoms with E-state index in [-0.39, 0.29) is 11.6 Å². The first-order chi connectivity index (χ1) is 9.62. The largest absolute Gasteiger partial charge is 0.486 e. The van der Waals surface area contributed by atoms with Crippen molar-refractivity contribution < 1.29 is 14.3 Å². The maximum Gasteiger partial charge on any atom is 0.331 e. The summed E-state index contributed by atoms with van der Waals surface area (Å²) in [7, 11) is 0. The zero-order chi connectivity index (χ0) is 14.2. The molecule has 1 saturated carbocycles. The second-order valence-corrected chi connectivity index (χ2v) is 5.81. The van der Waals surface area contributed by atoms with Gasteiger partial charge in [-0.2, -0.15) is 0 Å². The molecule has 0 amide bonds. The molecule has 4 heteroatoms. The van der Waals surface area contributed by atoms with Crippen molar-refractivity contribution in [2.24, 2.45) is 0 Å². The minimum Gasteiger partial charge on any atom is -0.486 e. The molecule has 0 aromatic heterocycles. The van der Waals surface area contributed by atoms with Gasteiger partial charge in [0.05, 0.1) is 6.61 Å². The minimum atomic E-state index is -0.301. The van der Waals surface area contributed by atoms with E-state index in [1.165, 1.54) is 6.42 Å². The first kappa shape index (κ1) is 13.5. The lowest BCUT2D eigenvalue weighted by molar-refractivity contribution is -0.137. The van der Waals surface area contributed by atoms with Gasteiger partial charge >= 0.3 is 5.97 Å². The zero-order valence-electron chi connectivity index (χ0n) is 11.4. The van der Waals surface area contributed by atoms with Crippen LogP contribution in [0.2, 0.25) is 5.02 Å². The van der Waals surface area contributed by atoms with Crippen LogP contribution in [-0.2, 0) is 9.53 Å². The van der Waals surface area contributed by atoms with Crippen molar-refractivity contribution in [1.29, 1.82) is 0 Å². The quantitative estimate of drug-likeness (QED) is 0.611. The molecule has 106 valence electrons. The molecule has 1 spiro atoms. The number of carbonyl (C=O) groups is 1. The van der Waals surface area contributed by atoms with Crippen LogP contribution in [0.5, 0.6) is 5.75 Å². The van der Waals surface area contributed by atoms with Crippen LogP contribution in [0.4, 0.5) is 0 Å². The number of halogens is 1. The van der Waals surface area contributed by atoms with Gasteiger partial charge < -0.3 is 9.47 Å². The van der Waals surface area contributed by atoms with Gasteiger partial charge in [0.15, 0.2) is 0 Å². The maximum atomic E-state index is 11.8. The van der Waals surface area contributed by atoms with Crippen molar-refractivity contribution in [2.45, 2.75) is 38.2 Å². The normalized spacial score (nSPS) is 21.0. The molecule has 1 aliphatic heterocycles. The predicted molar refractivity (Wildman–Crippen MR) is 77.9 cm³/mol. The van der Waals surface area contributed by atoms with Gasteiger partial charge in [0.1, 0.15) is 11.4 Å². The summed E-state index contributed by atoms with van der Waals surface area (Å²) < 4.78 is 11.2. The smallest absolute Gasteiger partial charge is 0.331 e. The van der Waals surface area contributed by atoms with E-state index in [2.05, 4.69) is 0 Å². The summed E-state index contributed by atoms with van der Waals surface area (Å²) in [5.74, 6) is 0.515. The fraction of sp³-hybridized carbons (Fsp3) is 0.438. The molecule has 0 N–H and O–H groups in total. The highest BCUT2D eigenvalue weighted by atomic mass is 35.5. The Morgan fingerprint density at radius 3 is 2.95 bits per heavy atom. The monoisotopic (exact) mass is 292 g/mol. The summed E-state index contributed by atoms with van der Waals surface area (Å²) >= 11 is 6.06. The Bertz CT molecular complexity index is 573. The molecule has 1 heterocycles. The minimum absolute atomic E-state index is 0.126. The van der Waals surface area contributed by atoms with Crippen LogP contribution in [0.3, 0.4) is 0 Å². The van der Waals surface area contributed by atoms with Gasteiger partial charge in [-0.25, -0.2) is 4.79 Å². The van der Waals surface area contributed by atoms with Gasteiger partial charge in [-0.3, -0.25) is 0 Å². The number of carbonyl (C=O) groups excluding carboxylic acids is 1. The lowest BCUT2D eigenvalue weighted by atomic mass is 9.73. The zero-order valence-corrected chi connectivity index (χ0v) is 12.2. The SMILES string of the molecule is CCOC(=O)C=C1CC2(CCC2)Oc2ccc(Cl)cc21. The molecular weight excluding hydrogens is 276 g/mol. The Morgan fingerprint density at radius 2 is 2.30 bits per heavy atom. The van der Waals surface area contributed by atoms with E-state index in [1.807, 2.05) is 18.2 Å². The van der Waals surface area contributed by atoms with Gasteiger partial charge in [0.25, 0.3) is 0 Å². The van der Waals surface area contributed by atoms with Gasteiger partial charge in [-0.15, -0.1) is 0 Å². The van der Waals surface area contributed by atoms with Crippen LogP contribution in [0.25, 0.3) is 5.57 Å². The van der Waals surface area contributed by atoms with Gasteiger partial charge in [-0.05, 0) is 50.0 Å². The van der Waals surface area contributed by atoms with Gasteiger partial charge in [0, 0.05) is 23.1 Å². The molecule has 0 radical (unpaired) electrons.